The Morgan fingerprint density at radius 1 is 1.50 bits per heavy atom. The normalized spacial score (nSPS) is 7.62. The Hall–Kier alpha value is 0.630. The molecule has 0 aliphatic rings. The standard InChI is InChI=1S/C5H4BrN.Na.H/c6-5-3-1-2-4-7-5;;/h1-4H;;/q;+1;-1. The number of rotatable bonds is 0. The van der Waals surface area contributed by atoms with E-state index < -0.39 is 0 Å². The molecule has 0 N–H and O–H groups in total. The fraction of sp³-hybridized carbons (Fsp3) is 0. The second kappa shape index (κ2) is 4.50. The van der Waals surface area contributed by atoms with Crippen molar-refractivity contribution in [2.75, 3.05) is 0 Å². The van der Waals surface area contributed by atoms with Crippen LogP contribution < -0.4 is 29.6 Å². The van der Waals surface area contributed by atoms with Gasteiger partial charge in [-0.1, -0.05) is 6.07 Å². The molecule has 3 heteroatoms. The van der Waals surface area contributed by atoms with Crippen molar-refractivity contribution in [1.29, 1.82) is 0 Å². The first-order chi connectivity index (χ1) is 3.39. The Morgan fingerprint density at radius 2 is 2.25 bits per heavy atom. The van der Waals surface area contributed by atoms with Crippen LogP contribution in [0.25, 0.3) is 0 Å². The zero-order valence-corrected chi connectivity index (χ0v) is 8.22. The molecule has 1 heterocycles. The van der Waals surface area contributed by atoms with Gasteiger partial charge >= 0.3 is 29.6 Å². The van der Waals surface area contributed by atoms with Gasteiger partial charge in [0.2, 0.25) is 0 Å². The molecule has 0 radical (unpaired) electrons. The molecule has 1 nitrogen and oxygen atoms in total. The maximum absolute atomic E-state index is 3.90. The molecular weight excluding hydrogens is 177 g/mol. The summed E-state index contributed by atoms with van der Waals surface area (Å²) in [7, 11) is 0. The van der Waals surface area contributed by atoms with E-state index in [1.807, 2.05) is 18.2 Å². The van der Waals surface area contributed by atoms with E-state index in [4.69, 9.17) is 0 Å². The van der Waals surface area contributed by atoms with E-state index in [0.29, 0.717) is 0 Å². The number of aromatic nitrogens is 1. The molecule has 8 heavy (non-hydrogen) atoms. The third-order valence-electron chi connectivity index (χ3n) is 0.629. The first-order valence-electron chi connectivity index (χ1n) is 1.96. The summed E-state index contributed by atoms with van der Waals surface area (Å²) in [5, 5.41) is 0. The van der Waals surface area contributed by atoms with Crippen molar-refractivity contribution >= 4 is 15.9 Å². The quantitative estimate of drug-likeness (QED) is 0.369. The summed E-state index contributed by atoms with van der Waals surface area (Å²) < 4.78 is 0.884. The molecule has 0 aliphatic carbocycles. The van der Waals surface area contributed by atoms with Gasteiger partial charge in [-0.3, -0.25) is 0 Å². The number of hydrogen-bond donors (Lipinski definition) is 0. The van der Waals surface area contributed by atoms with E-state index in [0.717, 1.165) is 4.60 Å². The molecule has 0 amide bonds. The molecule has 0 fully saturated rings. The van der Waals surface area contributed by atoms with Crippen LogP contribution in [0, 0.1) is 0 Å². The Balaban J connectivity index is 0. The summed E-state index contributed by atoms with van der Waals surface area (Å²) in [6.07, 6.45) is 1.74. The zero-order chi connectivity index (χ0) is 5.11. The van der Waals surface area contributed by atoms with E-state index in [2.05, 4.69) is 20.9 Å². The minimum absolute atomic E-state index is 0. The zero-order valence-electron chi connectivity index (χ0n) is 5.63. The molecule has 1 aromatic rings. The molecule has 1 rings (SSSR count). The van der Waals surface area contributed by atoms with Crippen molar-refractivity contribution < 1.29 is 31.0 Å². The van der Waals surface area contributed by atoms with E-state index in [-0.39, 0.29) is 31.0 Å². The van der Waals surface area contributed by atoms with Crippen LogP contribution in [0.15, 0.2) is 29.0 Å². The predicted molar refractivity (Wildman–Crippen MR) is 33.0 cm³/mol. The molecule has 0 unspecified atom stereocenters. The first-order valence-corrected chi connectivity index (χ1v) is 2.75. The van der Waals surface area contributed by atoms with Crippen LogP contribution in [0.1, 0.15) is 1.43 Å². The monoisotopic (exact) mass is 181 g/mol. The van der Waals surface area contributed by atoms with E-state index in [1.165, 1.54) is 0 Å². The minimum atomic E-state index is 0. The summed E-state index contributed by atoms with van der Waals surface area (Å²) in [4.78, 5) is 3.90. The molecular formula is C5H5BrNNa. The van der Waals surface area contributed by atoms with Gasteiger partial charge in [-0.25, -0.2) is 4.98 Å². The summed E-state index contributed by atoms with van der Waals surface area (Å²) in [6.45, 7) is 0. The topological polar surface area (TPSA) is 12.9 Å². The second-order valence-electron chi connectivity index (χ2n) is 1.15. The van der Waals surface area contributed by atoms with Crippen molar-refractivity contribution in [3.05, 3.63) is 29.0 Å². The summed E-state index contributed by atoms with van der Waals surface area (Å²) in [5.41, 5.74) is 0. The maximum atomic E-state index is 3.90. The minimum Gasteiger partial charge on any atom is -1.00 e. The van der Waals surface area contributed by atoms with Crippen molar-refractivity contribution in [2.45, 2.75) is 0 Å². The van der Waals surface area contributed by atoms with Gasteiger partial charge in [-0.15, -0.1) is 0 Å². The number of pyridine rings is 1. The Labute approximate surface area is 80.4 Å². The van der Waals surface area contributed by atoms with Gasteiger partial charge in [-0.2, -0.15) is 0 Å². The third-order valence-corrected chi connectivity index (χ3v) is 1.10. The molecule has 0 bridgehead atoms. The largest absolute Gasteiger partial charge is 1.00 e. The van der Waals surface area contributed by atoms with E-state index in [9.17, 15) is 0 Å². The fourth-order valence-electron chi connectivity index (χ4n) is 0.342. The molecule has 38 valence electrons. The first kappa shape index (κ1) is 8.63. The van der Waals surface area contributed by atoms with Crippen LogP contribution in [-0.4, -0.2) is 4.98 Å². The van der Waals surface area contributed by atoms with Crippen molar-refractivity contribution in [3.8, 4) is 0 Å². The Morgan fingerprint density at radius 3 is 2.50 bits per heavy atom. The Bertz CT molecular complexity index is 147. The smallest absolute Gasteiger partial charge is 1.00 e. The van der Waals surface area contributed by atoms with Crippen LogP contribution in [0.3, 0.4) is 0 Å². The van der Waals surface area contributed by atoms with E-state index in [1.54, 1.807) is 6.20 Å². The third kappa shape index (κ3) is 2.82. The van der Waals surface area contributed by atoms with Crippen molar-refractivity contribution in [1.82, 2.24) is 4.98 Å². The SMILES string of the molecule is Brc1ccccn1.[H-].[Na+]. The second-order valence-corrected chi connectivity index (χ2v) is 1.96. The van der Waals surface area contributed by atoms with Crippen LogP contribution in [0.2, 0.25) is 0 Å². The number of nitrogens with zero attached hydrogens (tertiary/aromatic N) is 1. The van der Waals surface area contributed by atoms with Crippen LogP contribution in [-0.2, 0) is 0 Å². The molecule has 0 saturated heterocycles. The average molecular weight is 182 g/mol. The Kier molecular flexibility index (Phi) is 4.86. The molecule has 0 saturated carbocycles. The average Bonchev–Trinajstić information content (AvgIpc) is 1.69. The van der Waals surface area contributed by atoms with Gasteiger partial charge < -0.3 is 1.43 Å². The van der Waals surface area contributed by atoms with Gasteiger partial charge in [-0.05, 0) is 28.1 Å². The maximum Gasteiger partial charge on any atom is 1.00 e. The van der Waals surface area contributed by atoms with Crippen molar-refractivity contribution in [2.24, 2.45) is 0 Å². The van der Waals surface area contributed by atoms with Gasteiger partial charge in [0.1, 0.15) is 4.60 Å². The van der Waals surface area contributed by atoms with Crippen molar-refractivity contribution in [3.63, 3.8) is 0 Å². The van der Waals surface area contributed by atoms with Gasteiger partial charge in [0.25, 0.3) is 0 Å². The summed E-state index contributed by atoms with van der Waals surface area (Å²) >= 11 is 3.20. The van der Waals surface area contributed by atoms with Gasteiger partial charge in [0, 0.05) is 6.20 Å². The van der Waals surface area contributed by atoms with Gasteiger partial charge in [0.15, 0.2) is 0 Å². The van der Waals surface area contributed by atoms with Gasteiger partial charge in [0.05, 0.1) is 0 Å². The molecule has 0 atom stereocenters. The van der Waals surface area contributed by atoms with E-state index >= 15 is 0 Å². The predicted octanol–water partition coefficient (Wildman–Crippen LogP) is -1.04. The number of hydrogen-bond acceptors (Lipinski definition) is 1. The molecule has 0 spiro atoms. The molecule has 0 aliphatic heterocycles. The van der Waals surface area contributed by atoms with Crippen LogP contribution in [0.5, 0.6) is 0 Å². The summed E-state index contributed by atoms with van der Waals surface area (Å²) in [6, 6.07) is 5.70. The number of halogens is 1. The van der Waals surface area contributed by atoms with Crippen LogP contribution in [0.4, 0.5) is 0 Å². The molecule has 0 aromatic carbocycles. The van der Waals surface area contributed by atoms with Crippen LogP contribution >= 0.6 is 15.9 Å². The summed E-state index contributed by atoms with van der Waals surface area (Å²) in [5.74, 6) is 0. The fourth-order valence-corrected chi connectivity index (χ4v) is 0.613. The molecule has 1 aromatic heterocycles.